The molecule has 0 bridgehead atoms. The molecule has 0 aromatic heterocycles. The Hall–Kier alpha value is -2.12. The molecule has 4 aliphatic rings. The molecule has 1 unspecified atom stereocenters. The predicted octanol–water partition coefficient (Wildman–Crippen LogP) is 24.2. The topological polar surface area (TPSA) is 105 Å². The summed E-state index contributed by atoms with van der Waals surface area (Å²) in [4.78, 5) is 47.3. The summed E-state index contributed by atoms with van der Waals surface area (Å²) in [6.07, 6.45) is 59.6. The van der Waals surface area contributed by atoms with Crippen LogP contribution in [0.3, 0.4) is 0 Å². The number of rotatable bonds is 53. The minimum Gasteiger partial charge on any atom is -0.469 e. The van der Waals surface area contributed by atoms with Crippen LogP contribution in [0.2, 0.25) is 0 Å². The van der Waals surface area contributed by atoms with Gasteiger partial charge in [-0.05, 0) is 170 Å². The molecule has 0 aromatic rings. The fourth-order valence-corrected chi connectivity index (χ4v) is 19.1. The molecule has 0 heterocycles. The van der Waals surface area contributed by atoms with Crippen molar-refractivity contribution >= 4 is 23.9 Å². The van der Waals surface area contributed by atoms with Crippen molar-refractivity contribution in [3.8, 4) is 0 Å². The van der Waals surface area contributed by atoms with Crippen molar-refractivity contribution in [2.45, 2.75) is 365 Å². The van der Waals surface area contributed by atoms with Crippen molar-refractivity contribution in [3.63, 3.8) is 0 Å². The van der Waals surface area contributed by atoms with Crippen molar-refractivity contribution in [2.75, 3.05) is 28.4 Å². The molecule has 8 heteroatoms. The lowest BCUT2D eigenvalue weighted by Crippen LogP contribution is -2.13. The van der Waals surface area contributed by atoms with Crippen LogP contribution in [0.4, 0.5) is 0 Å². The molecule has 538 valence electrons. The Morgan fingerprint density at radius 3 is 0.717 bits per heavy atom. The third-order valence-corrected chi connectivity index (χ3v) is 26.1. The molecular weight excluding hydrogens is 1140 g/mol. The second kappa shape index (κ2) is 47.8. The molecule has 8 nitrogen and oxygen atoms in total. The van der Waals surface area contributed by atoms with Gasteiger partial charge in [-0.25, -0.2) is 0 Å². The Labute approximate surface area is 570 Å². The van der Waals surface area contributed by atoms with E-state index in [9.17, 15) is 19.2 Å². The van der Waals surface area contributed by atoms with Crippen LogP contribution >= 0.6 is 0 Å². The quantitative estimate of drug-likeness (QED) is 0.0438. The van der Waals surface area contributed by atoms with Crippen LogP contribution in [-0.4, -0.2) is 52.3 Å². The molecule has 0 spiro atoms. The van der Waals surface area contributed by atoms with Gasteiger partial charge < -0.3 is 18.9 Å². The van der Waals surface area contributed by atoms with E-state index in [1.54, 1.807) is 0 Å². The number of methoxy groups -OCH3 is 4. The van der Waals surface area contributed by atoms with E-state index in [4.69, 9.17) is 18.9 Å². The van der Waals surface area contributed by atoms with Gasteiger partial charge in [0.1, 0.15) is 0 Å². The summed E-state index contributed by atoms with van der Waals surface area (Å²) in [6.45, 7) is 24.4. The highest BCUT2D eigenvalue weighted by molar-refractivity contribution is 5.70. The van der Waals surface area contributed by atoms with E-state index in [0.717, 1.165) is 120 Å². The van der Waals surface area contributed by atoms with Gasteiger partial charge in [0, 0.05) is 25.7 Å². The number of hydrogen-bond donors (Lipinski definition) is 0. The van der Waals surface area contributed by atoms with Gasteiger partial charge in [-0.15, -0.1) is 0 Å². The molecule has 0 aliphatic heterocycles. The van der Waals surface area contributed by atoms with E-state index in [1.807, 2.05) is 0 Å². The number of hydrogen-bond acceptors (Lipinski definition) is 8. The highest BCUT2D eigenvalue weighted by Crippen LogP contribution is 2.45. The summed E-state index contributed by atoms with van der Waals surface area (Å²) in [5.41, 5.74) is 0. The van der Waals surface area contributed by atoms with Crippen LogP contribution < -0.4 is 0 Å². The first kappa shape index (κ1) is 82.3. The van der Waals surface area contributed by atoms with Gasteiger partial charge in [0.25, 0.3) is 0 Å². The lowest BCUT2D eigenvalue weighted by atomic mass is 9.80. The molecule has 4 aliphatic carbocycles. The van der Waals surface area contributed by atoms with Crippen LogP contribution in [0.15, 0.2) is 0 Å². The van der Waals surface area contributed by atoms with Crippen molar-refractivity contribution in [2.24, 2.45) is 118 Å². The zero-order chi connectivity index (χ0) is 67.2. The first-order valence-electron chi connectivity index (χ1n) is 40.4. The van der Waals surface area contributed by atoms with Gasteiger partial charge >= 0.3 is 23.9 Å². The maximum Gasteiger partial charge on any atom is 0.305 e. The van der Waals surface area contributed by atoms with E-state index in [2.05, 4.69) is 69.2 Å². The molecule has 0 N–H and O–H groups in total. The second-order valence-corrected chi connectivity index (χ2v) is 34.3. The summed E-state index contributed by atoms with van der Waals surface area (Å²) in [7, 11) is 6.05. The molecule has 0 aromatic carbocycles. The maximum atomic E-state index is 11.9. The fourth-order valence-electron chi connectivity index (χ4n) is 19.1. The van der Waals surface area contributed by atoms with Gasteiger partial charge in [0.2, 0.25) is 0 Å². The zero-order valence-corrected chi connectivity index (χ0v) is 63.3. The average molecular weight is 1290 g/mol. The minimum atomic E-state index is -0.0635. The van der Waals surface area contributed by atoms with Gasteiger partial charge in [-0.1, -0.05) is 288 Å². The van der Waals surface area contributed by atoms with Crippen molar-refractivity contribution < 1.29 is 38.1 Å². The first-order chi connectivity index (χ1) is 44.2. The molecular formula is C84H154O8. The van der Waals surface area contributed by atoms with Gasteiger partial charge in [-0.2, -0.15) is 0 Å². The standard InChI is InChI=1S/C84H154O8/c1-61(23-15-29-67(7)77-49-45-73(57-77)35-17-25-63(3)53-81(85)89-11)39-41-71(33-21-31-69(9)79-51-47-75(59-79)37-19-27-65(5)55-83(87)91-13)43-44-72(34-22-32-70(10)80-52-48-76(60-80)38-20-28-66(6)56-84(88)92-14)42-40-62(2)24-16-30-68(8)78-50-46-74(58-78)36-18-26-64(4)54-82(86)90-12/h61-80H,15-60H2,1-14H3/t61-,62-,63+,64?,65+,66+,67+,68+,69+,70+,71-,72-,73-,74-,75-,76-,77-,78-,79-,80-/m0/s1. The van der Waals surface area contributed by atoms with Crippen LogP contribution in [0.1, 0.15) is 365 Å². The van der Waals surface area contributed by atoms with Gasteiger partial charge in [0.15, 0.2) is 0 Å². The van der Waals surface area contributed by atoms with Crippen molar-refractivity contribution in [1.82, 2.24) is 0 Å². The molecule has 0 amide bonds. The Morgan fingerprint density at radius 2 is 0.478 bits per heavy atom. The lowest BCUT2D eigenvalue weighted by Gasteiger charge is -2.26. The van der Waals surface area contributed by atoms with Crippen LogP contribution in [-0.2, 0) is 38.1 Å². The van der Waals surface area contributed by atoms with Crippen molar-refractivity contribution in [3.05, 3.63) is 0 Å². The Kier molecular flexibility index (Phi) is 42.7. The van der Waals surface area contributed by atoms with E-state index in [0.29, 0.717) is 49.4 Å². The number of ether oxygens (including phenoxy) is 4. The summed E-state index contributed by atoms with van der Waals surface area (Å²) in [5, 5.41) is 0. The predicted molar refractivity (Wildman–Crippen MR) is 387 cm³/mol. The Morgan fingerprint density at radius 1 is 0.261 bits per heavy atom. The van der Waals surface area contributed by atoms with E-state index >= 15 is 0 Å². The lowest BCUT2D eigenvalue weighted by molar-refractivity contribution is -0.142. The van der Waals surface area contributed by atoms with E-state index < -0.39 is 0 Å². The maximum absolute atomic E-state index is 11.9. The van der Waals surface area contributed by atoms with Crippen LogP contribution in [0.25, 0.3) is 0 Å². The third-order valence-electron chi connectivity index (χ3n) is 26.1. The minimum absolute atomic E-state index is 0.0626. The van der Waals surface area contributed by atoms with E-state index in [1.165, 1.54) is 272 Å². The smallest absolute Gasteiger partial charge is 0.305 e. The zero-order valence-electron chi connectivity index (χ0n) is 63.3. The Balaban J connectivity index is 1.33. The van der Waals surface area contributed by atoms with E-state index in [-0.39, 0.29) is 23.9 Å². The highest BCUT2D eigenvalue weighted by atomic mass is 16.5. The number of esters is 4. The molecule has 20 atom stereocenters. The van der Waals surface area contributed by atoms with Gasteiger partial charge in [0.05, 0.1) is 28.4 Å². The fraction of sp³-hybridized carbons (Fsp3) is 0.952. The second-order valence-electron chi connectivity index (χ2n) is 34.3. The third kappa shape index (κ3) is 35.4. The summed E-state index contributed by atoms with van der Waals surface area (Å²) in [5.74, 6) is 15.2. The SMILES string of the molecule is COC(=O)CC(C)CCC[C@H]1CC[C@H]([C@H](C)CCC[C@H](C)CC[C@H](CCC[C@@H](C)[C@H]2CC[C@H](CCC[C@@H](C)CC(=O)OC)C2)CC[C@@H](CCC[C@@H](C)[C@H]2CC[C@H](CCC[C@@H](C)CC(=O)OC)C2)CC[C@@H](C)CCC[C@@H](C)[C@H]2CC[C@H](CCC[C@@H](C)CC(=O)OC)C2)C1. The molecule has 4 saturated carbocycles. The molecule has 0 saturated heterocycles. The molecule has 4 fully saturated rings. The van der Waals surface area contributed by atoms with Gasteiger partial charge in [-0.3, -0.25) is 19.2 Å². The van der Waals surface area contributed by atoms with Crippen LogP contribution in [0, 0.1) is 118 Å². The summed E-state index contributed by atoms with van der Waals surface area (Å²) in [6, 6.07) is 0. The van der Waals surface area contributed by atoms with Crippen LogP contribution in [0.5, 0.6) is 0 Å². The monoisotopic (exact) mass is 1290 g/mol. The molecule has 4 rings (SSSR count). The normalized spacial score (nSPS) is 25.7. The van der Waals surface area contributed by atoms with Crippen molar-refractivity contribution in [1.29, 1.82) is 0 Å². The largest absolute Gasteiger partial charge is 0.469 e. The first-order valence-corrected chi connectivity index (χ1v) is 40.4. The highest BCUT2D eigenvalue weighted by Gasteiger charge is 2.33. The summed E-state index contributed by atoms with van der Waals surface area (Å²) < 4.78 is 19.8. The summed E-state index contributed by atoms with van der Waals surface area (Å²) >= 11 is 0. The number of carbonyl (C=O) groups excluding carboxylic acids is 4. The molecule has 0 radical (unpaired) electrons. The average Bonchev–Trinajstić information content (AvgIpc) is 2.42. The number of carbonyl (C=O) groups is 4. The Bertz CT molecular complexity index is 1780. The molecule has 92 heavy (non-hydrogen) atoms.